The summed E-state index contributed by atoms with van der Waals surface area (Å²) in [5.41, 5.74) is 1.40. The average molecular weight is 262 g/mol. The third-order valence-electron chi connectivity index (χ3n) is 2.50. The number of benzene rings is 1. The molecule has 5 heteroatoms. The Balaban J connectivity index is 1.86. The van der Waals surface area contributed by atoms with Gasteiger partial charge in [0.15, 0.2) is 16.6 Å². The zero-order valence-corrected chi connectivity index (χ0v) is 9.98. The lowest BCUT2D eigenvalue weighted by atomic mass is 10.2. The number of Topliss-reactive ketones (excluding diaryl/α,β-unsaturated/α-hetero) is 1. The van der Waals surface area contributed by atoms with Crippen LogP contribution >= 0.6 is 11.6 Å². The second-order valence-electron chi connectivity index (χ2n) is 3.78. The lowest BCUT2D eigenvalue weighted by Gasteiger charge is -1.92. The van der Waals surface area contributed by atoms with Crippen LogP contribution in [0.1, 0.15) is 16.4 Å². The van der Waals surface area contributed by atoms with Crippen LogP contribution in [-0.2, 0) is 6.42 Å². The van der Waals surface area contributed by atoms with Crippen LogP contribution < -0.4 is 0 Å². The van der Waals surface area contributed by atoms with Gasteiger partial charge in [0.2, 0.25) is 11.7 Å². The van der Waals surface area contributed by atoms with E-state index in [0.717, 1.165) is 5.52 Å². The molecule has 3 aromatic rings. The zero-order chi connectivity index (χ0) is 12.5. The second kappa shape index (κ2) is 4.31. The molecule has 0 aliphatic heterocycles. The Hall–Kier alpha value is -2.07. The van der Waals surface area contributed by atoms with Gasteiger partial charge in [-0.2, -0.15) is 0 Å². The normalized spacial score (nSPS) is 10.9. The summed E-state index contributed by atoms with van der Waals surface area (Å²) in [5, 5.41) is 0.191. The zero-order valence-electron chi connectivity index (χ0n) is 9.22. The molecule has 0 radical (unpaired) electrons. The van der Waals surface area contributed by atoms with E-state index in [2.05, 4.69) is 4.98 Å². The van der Waals surface area contributed by atoms with Gasteiger partial charge in [0, 0.05) is 0 Å². The third-order valence-corrected chi connectivity index (χ3v) is 2.70. The fraction of sp³-hybridized carbons (Fsp3) is 0.0769. The van der Waals surface area contributed by atoms with Crippen molar-refractivity contribution in [2.24, 2.45) is 0 Å². The van der Waals surface area contributed by atoms with Crippen molar-refractivity contribution >= 4 is 28.5 Å². The number of para-hydroxylation sites is 2. The number of ketones is 1. The summed E-state index contributed by atoms with van der Waals surface area (Å²) in [5.74, 6) is 0.365. The van der Waals surface area contributed by atoms with E-state index in [1.807, 2.05) is 18.2 Å². The minimum absolute atomic E-state index is 0.0541. The van der Waals surface area contributed by atoms with Gasteiger partial charge in [-0.25, -0.2) is 4.98 Å². The Morgan fingerprint density at radius 2 is 2.00 bits per heavy atom. The Labute approximate surface area is 107 Å². The first-order valence-electron chi connectivity index (χ1n) is 5.35. The van der Waals surface area contributed by atoms with Gasteiger partial charge in [0.1, 0.15) is 5.52 Å². The molecule has 0 saturated heterocycles. The van der Waals surface area contributed by atoms with Crippen molar-refractivity contribution in [2.45, 2.75) is 6.42 Å². The second-order valence-corrected chi connectivity index (χ2v) is 4.15. The molecule has 0 aliphatic carbocycles. The standard InChI is InChI=1S/C13H8ClNO3/c14-12-6-5-11(17-12)9(16)7-13-15-8-3-1-2-4-10(8)18-13/h1-6H,7H2. The predicted molar refractivity (Wildman–Crippen MR) is 65.8 cm³/mol. The number of carbonyl (C=O) groups excluding carboxylic acids is 1. The summed E-state index contributed by atoms with van der Waals surface area (Å²) in [4.78, 5) is 16.1. The van der Waals surface area contributed by atoms with E-state index in [0.29, 0.717) is 11.5 Å². The monoisotopic (exact) mass is 261 g/mol. The Morgan fingerprint density at radius 3 is 2.72 bits per heavy atom. The summed E-state index contributed by atoms with van der Waals surface area (Å²) in [7, 11) is 0. The maximum absolute atomic E-state index is 11.9. The maximum Gasteiger partial charge on any atom is 0.207 e. The summed E-state index contributed by atoms with van der Waals surface area (Å²) < 4.78 is 10.5. The Bertz CT molecular complexity index is 681. The van der Waals surface area contributed by atoms with Crippen LogP contribution in [-0.4, -0.2) is 10.8 Å². The highest BCUT2D eigenvalue weighted by Crippen LogP contribution is 2.18. The van der Waals surface area contributed by atoms with Gasteiger partial charge in [-0.15, -0.1) is 0 Å². The molecule has 0 bridgehead atoms. The number of hydrogen-bond donors (Lipinski definition) is 0. The van der Waals surface area contributed by atoms with E-state index in [4.69, 9.17) is 20.4 Å². The Morgan fingerprint density at radius 1 is 1.17 bits per heavy atom. The van der Waals surface area contributed by atoms with Gasteiger partial charge in [-0.3, -0.25) is 4.79 Å². The molecule has 0 unspecified atom stereocenters. The molecule has 2 heterocycles. The van der Waals surface area contributed by atoms with E-state index in [1.165, 1.54) is 12.1 Å². The Kier molecular flexibility index (Phi) is 2.64. The van der Waals surface area contributed by atoms with Crippen LogP contribution in [0.3, 0.4) is 0 Å². The first-order valence-corrected chi connectivity index (χ1v) is 5.73. The fourth-order valence-corrected chi connectivity index (χ4v) is 1.83. The number of rotatable bonds is 3. The van der Waals surface area contributed by atoms with E-state index >= 15 is 0 Å². The molecular weight excluding hydrogens is 254 g/mol. The third kappa shape index (κ3) is 2.02. The van der Waals surface area contributed by atoms with Crippen LogP contribution in [0.25, 0.3) is 11.1 Å². The number of hydrogen-bond acceptors (Lipinski definition) is 4. The number of carbonyl (C=O) groups is 1. The van der Waals surface area contributed by atoms with Crippen LogP contribution in [0.4, 0.5) is 0 Å². The fourth-order valence-electron chi connectivity index (χ4n) is 1.68. The number of aromatic nitrogens is 1. The van der Waals surface area contributed by atoms with Crippen molar-refractivity contribution in [3.05, 3.63) is 53.3 Å². The number of fused-ring (bicyclic) bond motifs is 1. The summed E-state index contributed by atoms with van der Waals surface area (Å²) in [6.45, 7) is 0. The minimum atomic E-state index is -0.214. The molecule has 0 fully saturated rings. The van der Waals surface area contributed by atoms with Gasteiger partial charge >= 0.3 is 0 Å². The topological polar surface area (TPSA) is 56.2 Å². The van der Waals surface area contributed by atoms with Crippen LogP contribution in [0.2, 0.25) is 5.22 Å². The number of nitrogens with zero attached hydrogens (tertiary/aromatic N) is 1. The molecule has 18 heavy (non-hydrogen) atoms. The van der Waals surface area contributed by atoms with Crippen LogP contribution in [0.5, 0.6) is 0 Å². The highest BCUT2D eigenvalue weighted by Gasteiger charge is 2.15. The molecule has 0 spiro atoms. The number of halogens is 1. The molecule has 0 saturated carbocycles. The van der Waals surface area contributed by atoms with Gasteiger partial charge in [-0.1, -0.05) is 12.1 Å². The van der Waals surface area contributed by atoms with Gasteiger partial charge in [0.25, 0.3) is 0 Å². The van der Waals surface area contributed by atoms with Crippen molar-refractivity contribution < 1.29 is 13.6 Å². The van der Waals surface area contributed by atoms with Crippen LogP contribution in [0.15, 0.2) is 45.2 Å². The lowest BCUT2D eigenvalue weighted by Crippen LogP contribution is -2.01. The van der Waals surface area contributed by atoms with E-state index in [9.17, 15) is 4.79 Å². The molecule has 4 nitrogen and oxygen atoms in total. The SMILES string of the molecule is O=C(Cc1nc2ccccc2o1)c1ccc(Cl)o1. The van der Waals surface area contributed by atoms with Crippen molar-refractivity contribution in [2.75, 3.05) is 0 Å². The highest BCUT2D eigenvalue weighted by molar-refractivity contribution is 6.29. The van der Waals surface area contributed by atoms with Crippen LogP contribution in [0, 0.1) is 0 Å². The smallest absolute Gasteiger partial charge is 0.207 e. The first-order chi connectivity index (χ1) is 8.72. The van der Waals surface area contributed by atoms with E-state index in [1.54, 1.807) is 6.07 Å². The van der Waals surface area contributed by atoms with Gasteiger partial charge in [0.05, 0.1) is 6.42 Å². The predicted octanol–water partition coefficient (Wildman–Crippen LogP) is 3.50. The summed E-state index contributed by atoms with van der Waals surface area (Å²) in [6, 6.07) is 10.4. The number of furan rings is 1. The van der Waals surface area contributed by atoms with Crippen molar-refractivity contribution in [1.82, 2.24) is 4.98 Å². The summed E-state index contributed by atoms with van der Waals surface area (Å²) in [6.07, 6.45) is 0.0541. The lowest BCUT2D eigenvalue weighted by molar-refractivity contribution is 0.0959. The molecule has 0 aliphatic rings. The highest BCUT2D eigenvalue weighted by atomic mass is 35.5. The molecule has 3 rings (SSSR count). The van der Waals surface area contributed by atoms with Crippen molar-refractivity contribution in [1.29, 1.82) is 0 Å². The van der Waals surface area contributed by atoms with Crippen molar-refractivity contribution in [3.63, 3.8) is 0 Å². The van der Waals surface area contributed by atoms with Gasteiger partial charge in [-0.05, 0) is 35.9 Å². The van der Waals surface area contributed by atoms with E-state index < -0.39 is 0 Å². The minimum Gasteiger partial charge on any atom is -0.442 e. The van der Waals surface area contributed by atoms with Gasteiger partial charge < -0.3 is 8.83 Å². The molecule has 0 atom stereocenters. The number of oxazole rings is 1. The first kappa shape index (κ1) is 11.0. The average Bonchev–Trinajstić information content (AvgIpc) is 2.94. The molecule has 0 amide bonds. The summed E-state index contributed by atoms with van der Waals surface area (Å²) >= 11 is 5.61. The largest absolute Gasteiger partial charge is 0.442 e. The molecule has 1 aromatic carbocycles. The van der Waals surface area contributed by atoms with E-state index in [-0.39, 0.29) is 23.2 Å². The molecule has 2 aromatic heterocycles. The maximum atomic E-state index is 11.9. The quantitative estimate of drug-likeness (QED) is 0.677. The molecule has 90 valence electrons. The van der Waals surface area contributed by atoms with Crippen molar-refractivity contribution in [3.8, 4) is 0 Å². The molecule has 0 N–H and O–H groups in total. The molecular formula is C13H8ClNO3.